The molecule has 0 radical (unpaired) electrons. The van der Waals surface area contributed by atoms with E-state index in [2.05, 4.69) is 16.8 Å². The monoisotopic (exact) mass is 627 g/mol. The number of benzene rings is 1. The number of amides is 2. The van der Waals surface area contributed by atoms with E-state index >= 15 is 0 Å². The van der Waals surface area contributed by atoms with Crippen LogP contribution < -0.4 is 5.32 Å². The van der Waals surface area contributed by atoms with Crippen LogP contribution in [0.4, 0.5) is 5.69 Å². The fourth-order valence-electron chi connectivity index (χ4n) is 5.47. The van der Waals surface area contributed by atoms with Crippen LogP contribution in [0.15, 0.2) is 36.9 Å². The molecule has 2 amide bonds. The number of aliphatic carboxylic acids is 1. The van der Waals surface area contributed by atoms with Crippen molar-refractivity contribution in [2.24, 2.45) is 5.41 Å². The van der Waals surface area contributed by atoms with E-state index in [0.29, 0.717) is 43.5 Å². The van der Waals surface area contributed by atoms with Gasteiger partial charge in [-0.15, -0.1) is 0 Å². The molecule has 3 rings (SSSR count). The Balaban J connectivity index is 1.78. The smallest absolute Gasteiger partial charge is 0.330 e. The molecular formula is C33H45N3O9. The molecule has 2 N–H and O–H groups in total. The molecule has 2 saturated heterocycles. The predicted molar refractivity (Wildman–Crippen MR) is 165 cm³/mol. The molecule has 0 spiro atoms. The van der Waals surface area contributed by atoms with E-state index in [1.807, 2.05) is 0 Å². The van der Waals surface area contributed by atoms with Crippen molar-refractivity contribution in [2.75, 3.05) is 38.1 Å². The van der Waals surface area contributed by atoms with Crippen LogP contribution in [0.2, 0.25) is 0 Å². The minimum absolute atomic E-state index is 0.176. The number of hydrogen-bond donors (Lipinski definition) is 2. The summed E-state index contributed by atoms with van der Waals surface area (Å²) in [6.07, 6.45) is 5.29. The van der Waals surface area contributed by atoms with Crippen LogP contribution >= 0.6 is 0 Å². The van der Waals surface area contributed by atoms with Gasteiger partial charge < -0.3 is 29.7 Å². The van der Waals surface area contributed by atoms with Crippen LogP contribution in [0.25, 0.3) is 0 Å². The van der Waals surface area contributed by atoms with Gasteiger partial charge in [0.05, 0.1) is 11.8 Å². The molecule has 0 bridgehead atoms. The van der Waals surface area contributed by atoms with Gasteiger partial charge in [-0.1, -0.05) is 25.1 Å². The molecule has 12 heteroatoms. The highest BCUT2D eigenvalue weighted by molar-refractivity contribution is 6.38. The minimum Gasteiger partial charge on any atom is -0.481 e. The number of carboxylic acids is 1. The largest absolute Gasteiger partial charge is 0.481 e. The summed E-state index contributed by atoms with van der Waals surface area (Å²) in [5, 5.41) is 11.6. The van der Waals surface area contributed by atoms with Crippen molar-refractivity contribution in [1.29, 1.82) is 0 Å². The number of likely N-dealkylation sites (tertiary alicyclic amines) is 2. The molecule has 1 aromatic rings. The number of carboxylic acid groups (broad SMARTS) is 1. The van der Waals surface area contributed by atoms with E-state index in [-0.39, 0.29) is 26.0 Å². The van der Waals surface area contributed by atoms with Crippen LogP contribution in [0.3, 0.4) is 0 Å². The Labute approximate surface area is 264 Å². The lowest BCUT2D eigenvalue weighted by Crippen LogP contribution is -2.53. The molecule has 2 fully saturated rings. The van der Waals surface area contributed by atoms with Crippen LogP contribution in [0.1, 0.15) is 83.3 Å². The molecular weight excluding hydrogens is 582 g/mol. The van der Waals surface area contributed by atoms with Crippen molar-refractivity contribution in [3.8, 4) is 0 Å². The van der Waals surface area contributed by atoms with E-state index in [0.717, 1.165) is 32.0 Å². The molecule has 0 aliphatic carbocycles. The van der Waals surface area contributed by atoms with Crippen LogP contribution in [0, 0.1) is 5.41 Å². The Morgan fingerprint density at radius 2 is 1.76 bits per heavy atom. The van der Waals surface area contributed by atoms with Crippen LogP contribution in [-0.4, -0.2) is 89.2 Å². The van der Waals surface area contributed by atoms with Crippen molar-refractivity contribution < 1.29 is 43.3 Å². The lowest BCUT2D eigenvalue weighted by Gasteiger charge is -2.36. The molecule has 246 valence electrons. The van der Waals surface area contributed by atoms with Crippen LogP contribution in [-0.2, 0) is 38.2 Å². The molecule has 2 atom stereocenters. The van der Waals surface area contributed by atoms with Gasteiger partial charge in [-0.25, -0.2) is 9.59 Å². The lowest BCUT2D eigenvalue weighted by atomic mass is 9.87. The van der Waals surface area contributed by atoms with E-state index in [1.54, 1.807) is 24.3 Å². The van der Waals surface area contributed by atoms with Gasteiger partial charge in [0.2, 0.25) is 11.7 Å². The van der Waals surface area contributed by atoms with Crippen molar-refractivity contribution in [1.82, 2.24) is 9.80 Å². The van der Waals surface area contributed by atoms with Gasteiger partial charge in [0.15, 0.2) is 0 Å². The Bertz CT molecular complexity index is 1260. The Kier molecular flexibility index (Phi) is 13.3. The first-order chi connectivity index (χ1) is 21.4. The number of nitrogens with zero attached hydrogens (tertiary/aromatic N) is 2. The average Bonchev–Trinajstić information content (AvgIpc) is 3.04. The summed E-state index contributed by atoms with van der Waals surface area (Å²) in [7, 11) is 0. The normalized spacial score (nSPS) is 17.9. The minimum atomic E-state index is -1.31. The molecule has 0 aromatic heterocycles. The highest BCUT2D eigenvalue weighted by atomic mass is 16.5. The summed E-state index contributed by atoms with van der Waals surface area (Å²) in [5.41, 5.74) is -0.221. The number of hydrogen-bond acceptors (Lipinski definition) is 9. The number of carbonyl (C=O) groups excluding carboxylic acids is 5. The average molecular weight is 628 g/mol. The number of ether oxygens (including phenoxy) is 2. The van der Waals surface area contributed by atoms with Gasteiger partial charge in [0.1, 0.15) is 18.8 Å². The number of esters is 2. The second kappa shape index (κ2) is 16.9. The summed E-state index contributed by atoms with van der Waals surface area (Å²) >= 11 is 0. The number of carbonyl (C=O) groups is 6. The summed E-state index contributed by atoms with van der Waals surface area (Å²) < 4.78 is 11.1. The quantitative estimate of drug-likeness (QED) is 0.167. The fraction of sp³-hybridized carbons (Fsp3) is 0.576. The summed E-state index contributed by atoms with van der Waals surface area (Å²) in [4.78, 5) is 78.7. The van der Waals surface area contributed by atoms with Crippen molar-refractivity contribution in [2.45, 2.75) is 83.8 Å². The van der Waals surface area contributed by atoms with Crippen LogP contribution in [0.5, 0.6) is 0 Å². The fourth-order valence-corrected chi connectivity index (χ4v) is 5.47. The SMILES string of the molecule is C=CC(=O)OCC(C)(C)C(=O)C(=O)N1CCCC[C@H]1C(=O)O[C@H](CCN1CCCCC1)c1cccc(NC(=O)CCC(=O)O)c1. The molecule has 2 heterocycles. The Morgan fingerprint density at radius 1 is 1.04 bits per heavy atom. The molecule has 2 aliphatic rings. The van der Waals surface area contributed by atoms with Gasteiger partial charge in [-0.05, 0) is 76.7 Å². The zero-order valence-corrected chi connectivity index (χ0v) is 26.3. The second-order valence-corrected chi connectivity index (χ2v) is 12.2. The van der Waals surface area contributed by atoms with Gasteiger partial charge >= 0.3 is 17.9 Å². The molecule has 45 heavy (non-hydrogen) atoms. The van der Waals surface area contributed by atoms with E-state index in [1.165, 1.54) is 25.2 Å². The molecule has 0 saturated carbocycles. The number of ketones is 1. The number of anilines is 1. The molecule has 0 unspecified atom stereocenters. The maximum atomic E-state index is 13.7. The standard InChI is InChI=1S/C33H45N3O9/c1-4-29(40)44-22-33(2,3)30(41)31(42)36-19-9-6-13-25(36)32(43)45-26(16-20-35-17-7-5-8-18-35)23-11-10-12-24(21-23)34-27(37)14-15-28(38)39/h4,10-12,21,25-26H,1,5-9,13-20,22H2,2-3H3,(H,34,37)(H,38,39)/t25-,26+/m0/s1. The first-order valence-corrected chi connectivity index (χ1v) is 15.6. The van der Waals surface area contributed by atoms with E-state index in [9.17, 15) is 28.8 Å². The first-order valence-electron chi connectivity index (χ1n) is 15.6. The van der Waals surface area contributed by atoms with E-state index in [4.69, 9.17) is 14.6 Å². The lowest BCUT2D eigenvalue weighted by molar-refractivity contribution is -0.165. The number of rotatable bonds is 15. The molecule has 2 aliphatic heterocycles. The number of nitrogens with one attached hydrogen (secondary N) is 1. The first kappa shape index (κ1) is 35.4. The van der Waals surface area contributed by atoms with Gasteiger partial charge in [-0.3, -0.25) is 19.2 Å². The maximum absolute atomic E-state index is 13.7. The van der Waals surface area contributed by atoms with E-state index < -0.39 is 53.1 Å². The zero-order valence-electron chi connectivity index (χ0n) is 26.3. The highest BCUT2D eigenvalue weighted by Crippen LogP contribution is 2.29. The summed E-state index contributed by atoms with van der Waals surface area (Å²) in [5.74, 6) is -4.44. The third kappa shape index (κ3) is 10.8. The second-order valence-electron chi connectivity index (χ2n) is 12.2. The Hall–Kier alpha value is -4.06. The third-order valence-corrected chi connectivity index (χ3v) is 8.11. The zero-order chi connectivity index (χ0) is 33.0. The molecule has 1 aromatic carbocycles. The summed E-state index contributed by atoms with van der Waals surface area (Å²) in [6.45, 7) is 8.82. The third-order valence-electron chi connectivity index (χ3n) is 8.11. The number of Topliss-reactive ketones (excluding diaryl/α,β-unsaturated/α-hetero) is 1. The maximum Gasteiger partial charge on any atom is 0.330 e. The van der Waals surface area contributed by atoms with Gasteiger partial charge in [0.25, 0.3) is 5.91 Å². The van der Waals surface area contributed by atoms with Crippen molar-refractivity contribution in [3.63, 3.8) is 0 Å². The van der Waals surface area contributed by atoms with Gasteiger partial charge in [-0.2, -0.15) is 0 Å². The number of piperidine rings is 2. The van der Waals surface area contributed by atoms with Crippen molar-refractivity contribution in [3.05, 3.63) is 42.5 Å². The Morgan fingerprint density at radius 3 is 2.44 bits per heavy atom. The van der Waals surface area contributed by atoms with Crippen molar-refractivity contribution >= 4 is 41.2 Å². The highest BCUT2D eigenvalue weighted by Gasteiger charge is 2.42. The topological polar surface area (TPSA) is 160 Å². The summed E-state index contributed by atoms with van der Waals surface area (Å²) in [6, 6.07) is 5.93. The van der Waals surface area contributed by atoms with Gasteiger partial charge in [0, 0.05) is 37.7 Å². The molecule has 12 nitrogen and oxygen atoms in total. The predicted octanol–water partition coefficient (Wildman–Crippen LogP) is 3.66.